The Morgan fingerprint density at radius 2 is 1.67 bits per heavy atom. The molecule has 1 aliphatic rings. The molecule has 3 rings (SSSR count). The molecular weight excluding hydrogens is 390 g/mol. The normalized spacial score (nSPS) is 13.7. The van der Waals surface area contributed by atoms with E-state index in [9.17, 15) is 19.7 Å². The summed E-state index contributed by atoms with van der Waals surface area (Å²) in [6, 6.07) is 12.7. The van der Waals surface area contributed by atoms with E-state index in [0.29, 0.717) is 16.7 Å². The maximum Gasteiger partial charge on any atom is 0.332 e. The van der Waals surface area contributed by atoms with Crippen molar-refractivity contribution in [3.05, 3.63) is 75.3 Å². The zero-order valence-corrected chi connectivity index (χ0v) is 16.6. The lowest BCUT2D eigenvalue weighted by Crippen LogP contribution is -2.47. The van der Waals surface area contributed by atoms with Crippen LogP contribution in [0.25, 0.3) is 6.08 Å². The van der Waals surface area contributed by atoms with E-state index in [-0.39, 0.29) is 31.3 Å². The van der Waals surface area contributed by atoms with Gasteiger partial charge in [-0.25, -0.2) is 0 Å². The Labute approximate surface area is 173 Å². The van der Waals surface area contributed by atoms with Gasteiger partial charge in [0.2, 0.25) is 5.41 Å². The predicted molar refractivity (Wildman–Crippen MR) is 108 cm³/mol. The topological polar surface area (TPSA) is 105 Å². The largest absolute Gasteiger partial charge is 0.489 e. The molecule has 0 aliphatic heterocycles. The molecule has 2 aromatic rings. The van der Waals surface area contributed by atoms with Crippen LogP contribution in [0.15, 0.2) is 54.1 Å². The maximum atomic E-state index is 13.1. The van der Waals surface area contributed by atoms with Gasteiger partial charge in [-0.1, -0.05) is 30.3 Å². The first-order valence-electron chi connectivity index (χ1n) is 9.47. The lowest BCUT2D eigenvalue weighted by molar-refractivity contribution is -0.384. The predicted octanol–water partition coefficient (Wildman–Crippen LogP) is 3.43. The van der Waals surface area contributed by atoms with Gasteiger partial charge in [-0.2, -0.15) is 0 Å². The molecule has 156 valence electrons. The van der Waals surface area contributed by atoms with E-state index < -0.39 is 22.3 Å². The highest BCUT2D eigenvalue weighted by atomic mass is 16.6. The van der Waals surface area contributed by atoms with Crippen molar-refractivity contribution < 1.29 is 28.7 Å². The molecule has 0 saturated carbocycles. The fourth-order valence-corrected chi connectivity index (χ4v) is 3.48. The third kappa shape index (κ3) is 3.63. The molecule has 0 saturated heterocycles. The number of hydrogen-bond donors (Lipinski definition) is 0. The van der Waals surface area contributed by atoms with Gasteiger partial charge in [-0.05, 0) is 37.1 Å². The number of esters is 2. The summed E-state index contributed by atoms with van der Waals surface area (Å²) in [7, 11) is 0. The van der Waals surface area contributed by atoms with Crippen LogP contribution in [0.4, 0.5) is 5.69 Å². The molecule has 0 aromatic heterocycles. The molecule has 0 amide bonds. The number of non-ortho nitro benzene ring substituents is 1. The number of nitro benzene ring substituents is 1. The number of ether oxygens (including phenoxy) is 3. The van der Waals surface area contributed by atoms with Gasteiger partial charge in [-0.15, -0.1) is 0 Å². The molecule has 0 fully saturated rings. The fourth-order valence-electron chi connectivity index (χ4n) is 3.48. The van der Waals surface area contributed by atoms with Gasteiger partial charge in [-0.3, -0.25) is 19.7 Å². The molecular formula is C22H21NO7. The summed E-state index contributed by atoms with van der Waals surface area (Å²) < 4.78 is 16.3. The molecule has 8 heteroatoms. The van der Waals surface area contributed by atoms with Crippen LogP contribution in [0.5, 0.6) is 5.75 Å². The van der Waals surface area contributed by atoms with E-state index in [2.05, 4.69) is 0 Å². The van der Waals surface area contributed by atoms with E-state index in [1.807, 2.05) is 0 Å². The zero-order valence-electron chi connectivity index (χ0n) is 16.6. The van der Waals surface area contributed by atoms with Gasteiger partial charge in [0.05, 0.1) is 24.2 Å². The quantitative estimate of drug-likeness (QED) is 0.284. The van der Waals surface area contributed by atoms with Crippen LogP contribution in [0.3, 0.4) is 0 Å². The third-order valence-corrected chi connectivity index (χ3v) is 4.76. The SMILES string of the molecule is CCOC(=O)C1(C(=O)OCC)C(COc2cccc([N+](=O)[O-])c2)=Cc2ccccc21. The Hall–Kier alpha value is -3.68. The van der Waals surface area contributed by atoms with Crippen LogP contribution in [0.2, 0.25) is 0 Å². The number of fused-ring (bicyclic) bond motifs is 1. The van der Waals surface area contributed by atoms with Crippen molar-refractivity contribution in [1.29, 1.82) is 0 Å². The molecule has 8 nitrogen and oxygen atoms in total. The summed E-state index contributed by atoms with van der Waals surface area (Å²) in [4.78, 5) is 36.7. The Kier molecular flexibility index (Phi) is 6.15. The van der Waals surface area contributed by atoms with Crippen LogP contribution in [0, 0.1) is 10.1 Å². The molecule has 0 heterocycles. The third-order valence-electron chi connectivity index (χ3n) is 4.76. The molecule has 30 heavy (non-hydrogen) atoms. The van der Waals surface area contributed by atoms with Crippen molar-refractivity contribution in [2.24, 2.45) is 0 Å². The lowest BCUT2D eigenvalue weighted by Gasteiger charge is -2.29. The zero-order chi connectivity index (χ0) is 21.7. The minimum Gasteiger partial charge on any atom is -0.489 e. The fraction of sp³-hybridized carbons (Fsp3) is 0.273. The van der Waals surface area contributed by atoms with E-state index >= 15 is 0 Å². The van der Waals surface area contributed by atoms with E-state index in [0.717, 1.165) is 0 Å². The molecule has 2 aromatic carbocycles. The number of nitro groups is 1. The highest BCUT2D eigenvalue weighted by molar-refractivity contribution is 6.13. The van der Waals surface area contributed by atoms with Crippen molar-refractivity contribution >= 4 is 23.7 Å². The molecule has 0 spiro atoms. The summed E-state index contributed by atoms with van der Waals surface area (Å²) in [5.74, 6) is -1.26. The monoisotopic (exact) mass is 411 g/mol. The van der Waals surface area contributed by atoms with Gasteiger partial charge in [0.15, 0.2) is 0 Å². The number of carbonyl (C=O) groups is 2. The summed E-state index contributed by atoms with van der Waals surface area (Å²) in [5.41, 5.74) is -0.440. The van der Waals surface area contributed by atoms with Gasteiger partial charge < -0.3 is 14.2 Å². The first kappa shape index (κ1) is 21.0. The summed E-state index contributed by atoms with van der Waals surface area (Å²) in [6.07, 6.45) is 1.69. The minimum atomic E-state index is -1.79. The smallest absolute Gasteiger partial charge is 0.332 e. The van der Waals surface area contributed by atoms with Crippen LogP contribution >= 0.6 is 0 Å². The number of benzene rings is 2. The minimum absolute atomic E-state index is 0.0845. The summed E-state index contributed by atoms with van der Waals surface area (Å²) in [5, 5.41) is 11.0. The second-order valence-electron chi connectivity index (χ2n) is 6.49. The second-order valence-corrected chi connectivity index (χ2v) is 6.49. The van der Waals surface area contributed by atoms with Crippen LogP contribution in [0.1, 0.15) is 25.0 Å². The Morgan fingerprint density at radius 1 is 1.00 bits per heavy atom. The molecule has 1 aliphatic carbocycles. The van der Waals surface area contributed by atoms with Gasteiger partial charge in [0, 0.05) is 11.6 Å². The Balaban J connectivity index is 2.02. The standard InChI is InChI=1S/C22H21NO7/c1-3-28-20(24)22(21(25)29-4-2)16(12-15-8-5-6-11-19(15)22)14-30-18-10-7-9-17(13-18)23(26)27/h5-13H,3-4,14H2,1-2H3. The number of carbonyl (C=O) groups excluding carboxylic acids is 2. The van der Waals surface area contributed by atoms with Crippen molar-refractivity contribution in [2.75, 3.05) is 19.8 Å². The second kappa shape index (κ2) is 8.77. The van der Waals surface area contributed by atoms with Crippen molar-refractivity contribution in [1.82, 2.24) is 0 Å². The number of nitrogens with zero attached hydrogens (tertiary/aromatic N) is 1. The highest BCUT2D eigenvalue weighted by Gasteiger charge is 2.57. The number of rotatable bonds is 8. The van der Waals surface area contributed by atoms with Crippen LogP contribution in [-0.2, 0) is 24.5 Å². The van der Waals surface area contributed by atoms with E-state index in [1.54, 1.807) is 50.3 Å². The first-order chi connectivity index (χ1) is 14.4. The number of hydrogen-bond acceptors (Lipinski definition) is 7. The average Bonchev–Trinajstić information content (AvgIpc) is 3.08. The molecule has 0 atom stereocenters. The molecule has 0 radical (unpaired) electrons. The van der Waals surface area contributed by atoms with Crippen molar-refractivity contribution in [3.63, 3.8) is 0 Å². The van der Waals surface area contributed by atoms with Gasteiger partial charge in [0.1, 0.15) is 12.4 Å². The van der Waals surface area contributed by atoms with E-state index in [1.165, 1.54) is 18.2 Å². The maximum absolute atomic E-state index is 13.1. The average molecular weight is 411 g/mol. The van der Waals surface area contributed by atoms with E-state index in [4.69, 9.17) is 14.2 Å². The molecule has 0 N–H and O–H groups in total. The Bertz CT molecular complexity index is 994. The highest BCUT2D eigenvalue weighted by Crippen LogP contribution is 2.44. The van der Waals surface area contributed by atoms with Crippen molar-refractivity contribution in [2.45, 2.75) is 19.3 Å². The first-order valence-corrected chi connectivity index (χ1v) is 9.47. The van der Waals surface area contributed by atoms with Crippen molar-refractivity contribution in [3.8, 4) is 5.75 Å². The summed E-state index contributed by atoms with van der Waals surface area (Å²) >= 11 is 0. The lowest BCUT2D eigenvalue weighted by atomic mass is 9.77. The van der Waals surface area contributed by atoms with Crippen LogP contribution < -0.4 is 4.74 Å². The molecule has 0 bridgehead atoms. The molecule has 0 unspecified atom stereocenters. The Morgan fingerprint density at radius 3 is 2.30 bits per heavy atom. The van der Waals surface area contributed by atoms with Gasteiger partial charge >= 0.3 is 11.9 Å². The van der Waals surface area contributed by atoms with Crippen LogP contribution in [-0.4, -0.2) is 36.7 Å². The summed E-state index contributed by atoms with van der Waals surface area (Å²) in [6.45, 7) is 3.32. The van der Waals surface area contributed by atoms with Gasteiger partial charge in [0.25, 0.3) is 5.69 Å².